The molecule has 0 bridgehead atoms. The summed E-state index contributed by atoms with van der Waals surface area (Å²) in [7, 11) is 0. The van der Waals surface area contributed by atoms with Crippen LogP contribution in [-0.4, -0.2) is 24.9 Å². The molecule has 15 rings (SSSR count). The second kappa shape index (κ2) is 16.2. The average Bonchev–Trinajstić information content (AvgIpc) is 3.95. The molecule has 3 heterocycles. The number of pyridine rings is 2. The van der Waals surface area contributed by atoms with Crippen LogP contribution in [0, 0.1) is 0 Å². The Balaban J connectivity index is 1.00. The highest BCUT2D eigenvalue weighted by molar-refractivity contribution is 6.15. The second-order valence-corrected chi connectivity index (χ2v) is 19.1. The van der Waals surface area contributed by atoms with E-state index < -0.39 is 5.41 Å². The molecule has 0 saturated heterocycles. The minimum absolute atomic E-state index is 0.485. The van der Waals surface area contributed by atoms with Crippen LogP contribution in [0.3, 0.4) is 0 Å². The Labute approximate surface area is 421 Å². The fraction of sp³-hybridized carbons (Fsp3) is 0.0147. The van der Waals surface area contributed by atoms with Crippen molar-refractivity contribution in [2.75, 3.05) is 0 Å². The third-order valence-electron chi connectivity index (χ3n) is 15.2. The summed E-state index contributed by atoms with van der Waals surface area (Å²) in [5.41, 5.74) is 19.8. The topological polar surface area (TPSA) is 64.5 Å². The lowest BCUT2D eigenvalue weighted by Gasteiger charge is -2.30. The van der Waals surface area contributed by atoms with Crippen LogP contribution in [0.25, 0.3) is 122 Å². The van der Waals surface area contributed by atoms with Gasteiger partial charge in [-0.2, -0.15) is 0 Å². The molecule has 0 atom stereocenters. The summed E-state index contributed by atoms with van der Waals surface area (Å²) in [6.45, 7) is 0. The van der Waals surface area contributed by atoms with Gasteiger partial charge in [0.15, 0.2) is 17.5 Å². The van der Waals surface area contributed by atoms with Crippen LogP contribution in [0.2, 0.25) is 0 Å². The molecule has 13 aromatic rings. The molecule has 1 spiro atoms. The molecule has 2 aliphatic rings. The van der Waals surface area contributed by atoms with Gasteiger partial charge in [-0.1, -0.05) is 206 Å². The molecule has 73 heavy (non-hydrogen) atoms. The molecule has 3 aromatic heterocycles. The van der Waals surface area contributed by atoms with E-state index in [1.165, 1.54) is 44.5 Å². The van der Waals surface area contributed by atoms with Crippen molar-refractivity contribution in [3.63, 3.8) is 0 Å². The maximum atomic E-state index is 5.35. The Bertz CT molecular complexity index is 4290. The standard InChI is InChI=1S/C68H41N5/c1-3-18-42(19-4-1)65-71-66(43-20-5-2-6-21-43)73-67(72-65)46-39-44(47-34-35-55(50-23-8-7-22-49(47)50)64-57-41-69-37-36-51(57)54-26-12-16-33-62(54)70-64)38-45(40-46)48-28-17-32-61-63(48)56-27-11-15-31-60(56)68(61)58-29-13-9-24-52(58)53-25-10-14-30-59(53)68/h1-41H. The van der Waals surface area contributed by atoms with Gasteiger partial charge in [-0.15, -0.1) is 0 Å². The lowest BCUT2D eigenvalue weighted by molar-refractivity contribution is 0.794. The maximum Gasteiger partial charge on any atom is 0.164 e. The van der Waals surface area contributed by atoms with E-state index >= 15 is 0 Å². The van der Waals surface area contributed by atoms with Crippen molar-refractivity contribution < 1.29 is 0 Å². The van der Waals surface area contributed by atoms with Crippen LogP contribution in [0.5, 0.6) is 0 Å². The molecule has 0 amide bonds. The van der Waals surface area contributed by atoms with Crippen molar-refractivity contribution in [2.24, 2.45) is 0 Å². The van der Waals surface area contributed by atoms with Crippen molar-refractivity contribution in [1.82, 2.24) is 24.9 Å². The van der Waals surface area contributed by atoms with Crippen LogP contribution in [0.15, 0.2) is 249 Å². The number of nitrogens with zero attached hydrogens (tertiary/aromatic N) is 5. The minimum atomic E-state index is -0.485. The van der Waals surface area contributed by atoms with Crippen molar-refractivity contribution >= 4 is 32.4 Å². The van der Waals surface area contributed by atoms with E-state index in [0.29, 0.717) is 17.5 Å². The summed E-state index contributed by atoms with van der Waals surface area (Å²) in [4.78, 5) is 25.7. The zero-order chi connectivity index (χ0) is 48.0. The summed E-state index contributed by atoms with van der Waals surface area (Å²) in [5, 5.41) is 5.48. The van der Waals surface area contributed by atoms with E-state index in [2.05, 4.69) is 205 Å². The summed E-state index contributed by atoms with van der Waals surface area (Å²) in [6, 6.07) is 85.0. The first-order valence-corrected chi connectivity index (χ1v) is 24.8. The summed E-state index contributed by atoms with van der Waals surface area (Å²) in [5.74, 6) is 1.83. The highest BCUT2D eigenvalue weighted by atomic mass is 15.0. The van der Waals surface area contributed by atoms with Gasteiger partial charge in [0.1, 0.15) is 0 Å². The van der Waals surface area contributed by atoms with Crippen LogP contribution in [0.1, 0.15) is 22.3 Å². The zero-order valence-corrected chi connectivity index (χ0v) is 39.4. The van der Waals surface area contributed by atoms with Crippen LogP contribution in [0.4, 0.5) is 0 Å². The Hall–Kier alpha value is -9.71. The molecule has 2 aliphatic carbocycles. The second-order valence-electron chi connectivity index (χ2n) is 19.1. The van der Waals surface area contributed by atoms with Gasteiger partial charge in [-0.3, -0.25) is 4.98 Å². The van der Waals surface area contributed by atoms with Crippen LogP contribution in [-0.2, 0) is 5.41 Å². The van der Waals surface area contributed by atoms with Gasteiger partial charge in [-0.25, -0.2) is 19.9 Å². The third kappa shape index (κ3) is 6.19. The monoisotopic (exact) mass is 927 g/mol. The minimum Gasteiger partial charge on any atom is -0.264 e. The third-order valence-corrected chi connectivity index (χ3v) is 15.2. The first-order valence-electron chi connectivity index (χ1n) is 24.8. The molecule has 338 valence electrons. The van der Waals surface area contributed by atoms with Crippen molar-refractivity contribution in [2.45, 2.75) is 5.41 Å². The van der Waals surface area contributed by atoms with Gasteiger partial charge in [-0.05, 0) is 113 Å². The number of fused-ring (bicyclic) bond motifs is 14. The predicted octanol–water partition coefficient (Wildman–Crippen LogP) is 16.5. The van der Waals surface area contributed by atoms with Gasteiger partial charge in [0.25, 0.3) is 0 Å². The summed E-state index contributed by atoms with van der Waals surface area (Å²) >= 11 is 0. The number of benzene rings is 10. The lowest BCUT2D eigenvalue weighted by atomic mass is 9.70. The molecule has 0 fully saturated rings. The van der Waals surface area contributed by atoms with Gasteiger partial charge in [0, 0.05) is 45.4 Å². The van der Waals surface area contributed by atoms with Crippen LogP contribution < -0.4 is 0 Å². The Morgan fingerprint density at radius 2 is 0.753 bits per heavy atom. The highest BCUT2D eigenvalue weighted by Gasteiger charge is 2.52. The molecule has 0 unspecified atom stereocenters. The first-order chi connectivity index (χ1) is 36.2. The molecule has 0 aliphatic heterocycles. The normalized spacial score (nSPS) is 12.8. The molecule has 0 saturated carbocycles. The maximum absolute atomic E-state index is 5.35. The molecular formula is C68H41N5. The number of hydrogen-bond acceptors (Lipinski definition) is 5. The number of aromatic nitrogens is 5. The highest BCUT2D eigenvalue weighted by Crippen LogP contribution is 2.64. The van der Waals surface area contributed by atoms with E-state index in [1.807, 2.05) is 48.8 Å². The van der Waals surface area contributed by atoms with Crippen molar-refractivity contribution in [1.29, 1.82) is 0 Å². The SMILES string of the molecule is c1ccc(-c2nc(-c3ccccc3)nc(-c3cc(-c4cccc5c4-c4ccccc4C54c5ccccc5-c5ccccc54)cc(-c4ccc(-c5nc6ccccc6c6ccncc56)c5ccccc45)c3)n2)cc1. The Morgan fingerprint density at radius 3 is 1.42 bits per heavy atom. The Morgan fingerprint density at radius 1 is 0.274 bits per heavy atom. The number of para-hydroxylation sites is 1. The predicted molar refractivity (Wildman–Crippen MR) is 297 cm³/mol. The molecule has 0 N–H and O–H groups in total. The number of hydrogen-bond donors (Lipinski definition) is 0. The molecule has 5 heteroatoms. The molecule has 5 nitrogen and oxygen atoms in total. The quantitative estimate of drug-likeness (QED) is 0.155. The largest absolute Gasteiger partial charge is 0.264 e. The van der Waals surface area contributed by atoms with Gasteiger partial charge in [0.05, 0.1) is 16.6 Å². The first kappa shape index (κ1) is 41.1. The van der Waals surface area contributed by atoms with Gasteiger partial charge in [0.2, 0.25) is 0 Å². The van der Waals surface area contributed by atoms with Crippen molar-refractivity contribution in [3.05, 3.63) is 271 Å². The van der Waals surface area contributed by atoms with Gasteiger partial charge >= 0.3 is 0 Å². The van der Waals surface area contributed by atoms with E-state index in [1.54, 1.807) is 0 Å². The molecule has 10 aromatic carbocycles. The van der Waals surface area contributed by atoms with Crippen LogP contribution >= 0.6 is 0 Å². The lowest BCUT2D eigenvalue weighted by Crippen LogP contribution is -2.25. The van der Waals surface area contributed by atoms with E-state index in [0.717, 1.165) is 82.6 Å². The molecule has 0 radical (unpaired) electrons. The fourth-order valence-electron chi connectivity index (χ4n) is 12.1. The average molecular weight is 928 g/mol. The fourth-order valence-corrected chi connectivity index (χ4v) is 12.1. The van der Waals surface area contributed by atoms with E-state index in [9.17, 15) is 0 Å². The zero-order valence-electron chi connectivity index (χ0n) is 39.4. The Kier molecular flexibility index (Phi) is 9.11. The smallest absolute Gasteiger partial charge is 0.164 e. The van der Waals surface area contributed by atoms with E-state index in [-0.39, 0.29) is 0 Å². The number of rotatable bonds is 6. The summed E-state index contributed by atoms with van der Waals surface area (Å²) in [6.07, 6.45) is 3.82. The molecular weight excluding hydrogens is 887 g/mol. The van der Waals surface area contributed by atoms with E-state index in [4.69, 9.17) is 19.9 Å². The van der Waals surface area contributed by atoms with Gasteiger partial charge < -0.3 is 0 Å². The van der Waals surface area contributed by atoms with Crippen molar-refractivity contribution in [3.8, 4) is 89.9 Å². The summed E-state index contributed by atoms with van der Waals surface area (Å²) < 4.78 is 0.